The number of carbonyl (C=O) groups is 2. The molecular formula is C31H27BrO5. The Bertz CT molecular complexity index is 1360. The number of ether oxygens (including phenoxy) is 3. The Morgan fingerprint density at radius 1 is 0.676 bits per heavy atom. The van der Waals surface area contributed by atoms with Crippen molar-refractivity contribution in [3.8, 4) is 17.2 Å². The van der Waals surface area contributed by atoms with E-state index >= 15 is 0 Å². The molecule has 0 fully saturated rings. The van der Waals surface area contributed by atoms with Crippen molar-refractivity contribution < 1.29 is 23.8 Å². The Kier molecular flexibility index (Phi) is 8.75. The van der Waals surface area contributed by atoms with Crippen LogP contribution in [0.2, 0.25) is 0 Å². The summed E-state index contributed by atoms with van der Waals surface area (Å²) in [5, 5.41) is 0. The molecule has 6 heteroatoms. The van der Waals surface area contributed by atoms with Gasteiger partial charge in [-0.15, -0.1) is 0 Å². The molecule has 0 atom stereocenters. The summed E-state index contributed by atoms with van der Waals surface area (Å²) in [6.45, 7) is 4.21. The summed E-state index contributed by atoms with van der Waals surface area (Å²) in [7, 11) is 0. The molecule has 5 nitrogen and oxygen atoms in total. The van der Waals surface area contributed by atoms with Crippen molar-refractivity contribution in [3.63, 3.8) is 0 Å². The second-order valence-electron chi connectivity index (χ2n) is 8.67. The molecule has 0 unspecified atom stereocenters. The minimum absolute atomic E-state index is 0.0859. The standard InChI is InChI=1S/C31H27BrO5/c1-21-10-9-11-22(2)31(21)35-20-25-18-27(36-29(33)16-23-12-5-3-6-13-23)28(19-26(25)32)37-30(34)17-24-14-7-4-8-15-24/h3-15,18-19H,16-17,20H2,1-2H3. The van der Waals surface area contributed by atoms with E-state index in [1.54, 1.807) is 12.1 Å². The maximum atomic E-state index is 12.8. The lowest BCUT2D eigenvalue weighted by Crippen LogP contribution is -2.15. The van der Waals surface area contributed by atoms with Crippen LogP contribution in [0.1, 0.15) is 27.8 Å². The van der Waals surface area contributed by atoms with E-state index in [9.17, 15) is 9.59 Å². The van der Waals surface area contributed by atoms with Gasteiger partial charge in [0, 0.05) is 10.0 Å². The third-order valence-electron chi connectivity index (χ3n) is 5.72. The monoisotopic (exact) mass is 558 g/mol. The number of hydrogen-bond acceptors (Lipinski definition) is 5. The summed E-state index contributed by atoms with van der Waals surface area (Å²) in [6, 6.07) is 27.9. The maximum Gasteiger partial charge on any atom is 0.315 e. The van der Waals surface area contributed by atoms with Gasteiger partial charge in [0.2, 0.25) is 0 Å². The third kappa shape index (κ3) is 7.30. The topological polar surface area (TPSA) is 61.8 Å². The zero-order valence-electron chi connectivity index (χ0n) is 20.7. The molecule has 4 aromatic carbocycles. The minimum atomic E-state index is -0.463. The van der Waals surface area contributed by atoms with Crippen LogP contribution in [0.3, 0.4) is 0 Å². The van der Waals surface area contributed by atoms with Crippen molar-refractivity contribution in [3.05, 3.63) is 123 Å². The van der Waals surface area contributed by atoms with Crippen LogP contribution in [0.4, 0.5) is 0 Å². The molecule has 188 valence electrons. The fourth-order valence-electron chi connectivity index (χ4n) is 3.87. The van der Waals surface area contributed by atoms with Crippen LogP contribution in [-0.2, 0) is 29.0 Å². The van der Waals surface area contributed by atoms with Crippen molar-refractivity contribution in [1.82, 2.24) is 0 Å². The highest BCUT2D eigenvalue weighted by atomic mass is 79.9. The number of rotatable bonds is 9. The van der Waals surface area contributed by atoms with Crippen LogP contribution in [0.15, 0.2) is 95.5 Å². The van der Waals surface area contributed by atoms with Gasteiger partial charge in [-0.05, 0) is 48.2 Å². The first-order valence-corrected chi connectivity index (χ1v) is 12.7. The van der Waals surface area contributed by atoms with Gasteiger partial charge in [-0.1, -0.05) is 94.8 Å². The summed E-state index contributed by atoms with van der Waals surface area (Å²) >= 11 is 3.56. The number of benzene rings is 4. The van der Waals surface area contributed by atoms with Crippen LogP contribution in [0, 0.1) is 13.8 Å². The number of esters is 2. The van der Waals surface area contributed by atoms with Crippen LogP contribution in [-0.4, -0.2) is 11.9 Å². The smallest absolute Gasteiger partial charge is 0.315 e. The molecule has 0 aromatic heterocycles. The molecule has 0 heterocycles. The lowest BCUT2D eigenvalue weighted by atomic mass is 10.1. The van der Waals surface area contributed by atoms with Crippen molar-refractivity contribution >= 4 is 27.9 Å². The predicted molar refractivity (Wildman–Crippen MR) is 146 cm³/mol. The molecule has 4 rings (SSSR count). The second-order valence-corrected chi connectivity index (χ2v) is 9.53. The van der Waals surface area contributed by atoms with Gasteiger partial charge < -0.3 is 14.2 Å². The molecule has 0 aliphatic rings. The first kappa shape index (κ1) is 26.2. The first-order chi connectivity index (χ1) is 17.9. The van der Waals surface area contributed by atoms with E-state index < -0.39 is 11.9 Å². The molecule has 0 aliphatic carbocycles. The van der Waals surface area contributed by atoms with Crippen molar-refractivity contribution in [2.75, 3.05) is 0 Å². The fourth-order valence-corrected chi connectivity index (χ4v) is 4.30. The Balaban J connectivity index is 1.57. The highest BCUT2D eigenvalue weighted by molar-refractivity contribution is 9.10. The lowest BCUT2D eigenvalue weighted by Gasteiger charge is -2.16. The number of halogens is 1. The molecule has 0 amide bonds. The van der Waals surface area contributed by atoms with Crippen LogP contribution in [0.25, 0.3) is 0 Å². The SMILES string of the molecule is Cc1cccc(C)c1OCc1cc(OC(=O)Cc2ccccc2)c(OC(=O)Cc2ccccc2)cc1Br. The van der Waals surface area contributed by atoms with Crippen molar-refractivity contribution in [2.45, 2.75) is 33.3 Å². The van der Waals surface area contributed by atoms with Gasteiger partial charge in [-0.2, -0.15) is 0 Å². The largest absolute Gasteiger partial charge is 0.488 e. The first-order valence-electron chi connectivity index (χ1n) is 11.9. The lowest BCUT2D eigenvalue weighted by molar-refractivity contribution is -0.136. The molecular weight excluding hydrogens is 532 g/mol. The molecule has 0 radical (unpaired) electrons. The summed E-state index contributed by atoms with van der Waals surface area (Å²) in [4.78, 5) is 25.5. The average molecular weight is 559 g/mol. The highest BCUT2D eigenvalue weighted by Crippen LogP contribution is 2.35. The van der Waals surface area contributed by atoms with Gasteiger partial charge in [0.15, 0.2) is 11.5 Å². The Morgan fingerprint density at radius 2 is 1.16 bits per heavy atom. The van der Waals surface area contributed by atoms with E-state index in [-0.39, 0.29) is 30.9 Å². The molecule has 37 heavy (non-hydrogen) atoms. The molecule has 0 aliphatic heterocycles. The normalized spacial score (nSPS) is 10.6. The quantitative estimate of drug-likeness (QED) is 0.164. The van der Waals surface area contributed by atoms with Crippen LogP contribution in [0.5, 0.6) is 17.2 Å². The Morgan fingerprint density at radius 3 is 1.68 bits per heavy atom. The summed E-state index contributed by atoms with van der Waals surface area (Å²) in [5.74, 6) is 0.194. The van der Waals surface area contributed by atoms with Gasteiger partial charge in [-0.3, -0.25) is 9.59 Å². The highest BCUT2D eigenvalue weighted by Gasteiger charge is 2.19. The van der Waals surface area contributed by atoms with Crippen LogP contribution >= 0.6 is 15.9 Å². The van der Waals surface area contributed by atoms with Crippen LogP contribution < -0.4 is 14.2 Å². The number of carbonyl (C=O) groups excluding carboxylic acids is 2. The Labute approximate surface area is 225 Å². The number of para-hydroxylation sites is 1. The van der Waals surface area contributed by atoms with E-state index in [1.165, 1.54) is 0 Å². The predicted octanol–water partition coefficient (Wildman–Crippen LogP) is 6.94. The van der Waals surface area contributed by atoms with E-state index in [1.807, 2.05) is 92.7 Å². The molecule has 0 saturated heterocycles. The maximum absolute atomic E-state index is 12.8. The third-order valence-corrected chi connectivity index (χ3v) is 6.46. The van der Waals surface area contributed by atoms with Gasteiger partial charge in [0.05, 0.1) is 12.8 Å². The Hall–Kier alpha value is -3.90. The summed E-state index contributed by atoms with van der Waals surface area (Å²) < 4.78 is 18.1. The number of aryl methyl sites for hydroxylation is 2. The zero-order valence-corrected chi connectivity index (χ0v) is 22.3. The van der Waals surface area contributed by atoms with Crippen molar-refractivity contribution in [2.24, 2.45) is 0 Å². The second kappa shape index (κ2) is 12.4. The van der Waals surface area contributed by atoms with Gasteiger partial charge in [-0.25, -0.2) is 0 Å². The van der Waals surface area contributed by atoms with Gasteiger partial charge in [0.25, 0.3) is 0 Å². The molecule has 0 bridgehead atoms. The molecule has 0 spiro atoms. The molecule has 4 aromatic rings. The van der Waals surface area contributed by atoms with E-state index in [2.05, 4.69) is 15.9 Å². The average Bonchev–Trinajstić information content (AvgIpc) is 2.87. The molecule has 0 N–H and O–H groups in total. The summed E-state index contributed by atoms with van der Waals surface area (Å²) in [5.41, 5.74) is 4.45. The zero-order chi connectivity index (χ0) is 26.2. The van der Waals surface area contributed by atoms with E-state index in [0.29, 0.717) is 4.47 Å². The number of hydrogen-bond donors (Lipinski definition) is 0. The fraction of sp³-hybridized carbons (Fsp3) is 0.161. The van der Waals surface area contributed by atoms with E-state index in [4.69, 9.17) is 14.2 Å². The van der Waals surface area contributed by atoms with Gasteiger partial charge >= 0.3 is 11.9 Å². The van der Waals surface area contributed by atoms with Gasteiger partial charge in [0.1, 0.15) is 12.4 Å². The summed E-state index contributed by atoms with van der Waals surface area (Å²) in [6.07, 6.45) is 0.176. The minimum Gasteiger partial charge on any atom is -0.488 e. The van der Waals surface area contributed by atoms with Crippen molar-refractivity contribution in [1.29, 1.82) is 0 Å². The van der Waals surface area contributed by atoms with E-state index in [0.717, 1.165) is 33.6 Å². The molecule has 0 saturated carbocycles.